The van der Waals surface area contributed by atoms with E-state index in [4.69, 9.17) is 5.73 Å². The molecule has 2 aromatic rings. The van der Waals surface area contributed by atoms with Crippen molar-refractivity contribution in [2.24, 2.45) is 0 Å². The van der Waals surface area contributed by atoms with E-state index in [2.05, 4.69) is 10.3 Å². The summed E-state index contributed by atoms with van der Waals surface area (Å²) in [4.78, 5) is 15.5. The van der Waals surface area contributed by atoms with Crippen LogP contribution < -0.4 is 11.1 Å². The SMILES string of the molecule is CC(C)Nc1c(C(=O)O)cnc(-c2ccccc2)c1N. The lowest BCUT2D eigenvalue weighted by Crippen LogP contribution is -2.16. The highest BCUT2D eigenvalue weighted by Crippen LogP contribution is 2.32. The van der Waals surface area contributed by atoms with Crippen LogP contribution in [0.25, 0.3) is 11.3 Å². The molecule has 20 heavy (non-hydrogen) atoms. The lowest BCUT2D eigenvalue weighted by Gasteiger charge is -2.17. The molecule has 104 valence electrons. The zero-order valence-electron chi connectivity index (χ0n) is 11.4. The summed E-state index contributed by atoms with van der Waals surface area (Å²) in [6, 6.07) is 9.52. The third-order valence-electron chi connectivity index (χ3n) is 2.83. The van der Waals surface area contributed by atoms with E-state index in [-0.39, 0.29) is 11.6 Å². The first-order chi connectivity index (χ1) is 9.50. The van der Waals surface area contributed by atoms with E-state index in [1.165, 1.54) is 6.20 Å². The van der Waals surface area contributed by atoms with Gasteiger partial charge in [-0.1, -0.05) is 30.3 Å². The van der Waals surface area contributed by atoms with Gasteiger partial charge in [-0.15, -0.1) is 0 Å². The first-order valence-electron chi connectivity index (χ1n) is 6.34. The van der Waals surface area contributed by atoms with Crippen LogP contribution in [0.5, 0.6) is 0 Å². The predicted molar refractivity (Wildman–Crippen MR) is 79.8 cm³/mol. The average molecular weight is 271 g/mol. The van der Waals surface area contributed by atoms with Gasteiger partial charge in [0, 0.05) is 17.8 Å². The predicted octanol–water partition coefficient (Wildman–Crippen LogP) is 2.85. The van der Waals surface area contributed by atoms with Gasteiger partial charge in [0.15, 0.2) is 0 Å². The topological polar surface area (TPSA) is 88.2 Å². The molecule has 0 spiro atoms. The molecule has 4 N–H and O–H groups in total. The number of nitrogens with zero attached hydrogens (tertiary/aromatic N) is 1. The number of carboxylic acid groups (broad SMARTS) is 1. The van der Waals surface area contributed by atoms with Crippen molar-refractivity contribution in [2.45, 2.75) is 19.9 Å². The molecule has 0 saturated heterocycles. The summed E-state index contributed by atoms with van der Waals surface area (Å²) in [7, 11) is 0. The highest BCUT2D eigenvalue weighted by Gasteiger charge is 2.18. The number of aromatic carboxylic acids is 1. The second kappa shape index (κ2) is 5.61. The van der Waals surface area contributed by atoms with Gasteiger partial charge in [-0.05, 0) is 13.8 Å². The Bertz CT molecular complexity index is 625. The molecule has 0 bridgehead atoms. The van der Waals surface area contributed by atoms with Crippen molar-refractivity contribution in [3.63, 3.8) is 0 Å². The summed E-state index contributed by atoms with van der Waals surface area (Å²) in [5.74, 6) is -1.05. The lowest BCUT2D eigenvalue weighted by molar-refractivity contribution is 0.0697. The number of benzene rings is 1. The summed E-state index contributed by atoms with van der Waals surface area (Å²) in [6.07, 6.45) is 1.34. The van der Waals surface area contributed by atoms with Crippen LogP contribution in [0.2, 0.25) is 0 Å². The van der Waals surface area contributed by atoms with E-state index in [0.29, 0.717) is 17.1 Å². The monoisotopic (exact) mass is 271 g/mol. The minimum absolute atomic E-state index is 0.0708. The quantitative estimate of drug-likeness (QED) is 0.795. The molecule has 1 heterocycles. The minimum atomic E-state index is -1.05. The number of pyridine rings is 1. The van der Waals surface area contributed by atoms with Crippen LogP contribution in [0.3, 0.4) is 0 Å². The fraction of sp³-hybridized carbons (Fsp3) is 0.200. The molecule has 0 aliphatic heterocycles. The maximum absolute atomic E-state index is 11.3. The lowest BCUT2D eigenvalue weighted by atomic mass is 10.1. The Morgan fingerprint density at radius 1 is 1.30 bits per heavy atom. The van der Waals surface area contributed by atoms with Crippen LogP contribution in [0, 0.1) is 0 Å². The van der Waals surface area contributed by atoms with Crippen LogP contribution in [0.4, 0.5) is 11.4 Å². The van der Waals surface area contributed by atoms with Crippen molar-refractivity contribution in [3.8, 4) is 11.3 Å². The Kier molecular flexibility index (Phi) is 3.89. The van der Waals surface area contributed by atoms with Gasteiger partial charge in [0.25, 0.3) is 0 Å². The van der Waals surface area contributed by atoms with Crippen LogP contribution >= 0.6 is 0 Å². The van der Waals surface area contributed by atoms with E-state index in [1.807, 2.05) is 44.2 Å². The zero-order valence-corrected chi connectivity index (χ0v) is 11.4. The van der Waals surface area contributed by atoms with E-state index >= 15 is 0 Å². The van der Waals surface area contributed by atoms with Crippen molar-refractivity contribution >= 4 is 17.3 Å². The molecule has 0 aliphatic carbocycles. The second-order valence-electron chi connectivity index (χ2n) is 4.78. The summed E-state index contributed by atoms with van der Waals surface area (Å²) in [6.45, 7) is 3.85. The van der Waals surface area contributed by atoms with Crippen molar-refractivity contribution < 1.29 is 9.90 Å². The van der Waals surface area contributed by atoms with Gasteiger partial charge in [-0.25, -0.2) is 4.79 Å². The van der Waals surface area contributed by atoms with Gasteiger partial charge in [-0.2, -0.15) is 0 Å². The Hall–Kier alpha value is -2.56. The molecule has 5 nitrogen and oxygen atoms in total. The molecule has 0 atom stereocenters. The van der Waals surface area contributed by atoms with Crippen molar-refractivity contribution in [3.05, 3.63) is 42.1 Å². The van der Waals surface area contributed by atoms with E-state index in [1.54, 1.807) is 0 Å². The van der Waals surface area contributed by atoms with Gasteiger partial charge >= 0.3 is 5.97 Å². The van der Waals surface area contributed by atoms with Crippen LogP contribution in [0.15, 0.2) is 36.5 Å². The number of nitrogens with two attached hydrogens (primary N) is 1. The average Bonchev–Trinajstić information content (AvgIpc) is 2.41. The molecule has 2 rings (SSSR count). The maximum Gasteiger partial charge on any atom is 0.339 e. The second-order valence-corrected chi connectivity index (χ2v) is 4.78. The van der Waals surface area contributed by atoms with Crippen molar-refractivity contribution in [1.82, 2.24) is 4.98 Å². The maximum atomic E-state index is 11.3. The Morgan fingerprint density at radius 3 is 2.50 bits per heavy atom. The molecule has 0 fully saturated rings. The number of hydrogen-bond acceptors (Lipinski definition) is 4. The number of rotatable bonds is 4. The number of hydrogen-bond donors (Lipinski definition) is 3. The summed E-state index contributed by atoms with van der Waals surface area (Å²) >= 11 is 0. The van der Waals surface area contributed by atoms with Crippen LogP contribution in [-0.4, -0.2) is 22.1 Å². The third kappa shape index (κ3) is 2.71. The number of anilines is 2. The summed E-state index contributed by atoms with van der Waals surface area (Å²) in [5.41, 5.74) is 8.40. The fourth-order valence-corrected chi connectivity index (χ4v) is 1.96. The smallest absolute Gasteiger partial charge is 0.339 e. The van der Waals surface area contributed by atoms with Crippen LogP contribution in [-0.2, 0) is 0 Å². The molecule has 0 saturated carbocycles. The first-order valence-corrected chi connectivity index (χ1v) is 6.34. The van der Waals surface area contributed by atoms with E-state index in [9.17, 15) is 9.90 Å². The van der Waals surface area contributed by atoms with Crippen molar-refractivity contribution in [2.75, 3.05) is 11.1 Å². The molecule has 0 amide bonds. The Labute approximate surface area is 117 Å². The normalized spacial score (nSPS) is 10.6. The summed E-state index contributed by atoms with van der Waals surface area (Å²) < 4.78 is 0. The highest BCUT2D eigenvalue weighted by molar-refractivity contribution is 6.00. The molecular weight excluding hydrogens is 254 g/mol. The molecule has 0 aliphatic rings. The Balaban J connectivity index is 2.60. The fourth-order valence-electron chi connectivity index (χ4n) is 1.96. The van der Waals surface area contributed by atoms with E-state index < -0.39 is 5.97 Å². The van der Waals surface area contributed by atoms with Gasteiger partial charge in [0.2, 0.25) is 0 Å². The Morgan fingerprint density at radius 2 is 1.95 bits per heavy atom. The number of nitrogen functional groups attached to an aromatic ring is 1. The van der Waals surface area contributed by atoms with Gasteiger partial charge in [-0.3, -0.25) is 4.98 Å². The molecular formula is C15H17N3O2. The number of carboxylic acids is 1. The molecule has 5 heteroatoms. The van der Waals surface area contributed by atoms with Gasteiger partial charge in [0.1, 0.15) is 5.56 Å². The molecule has 1 aromatic carbocycles. The molecule has 0 unspecified atom stereocenters. The van der Waals surface area contributed by atoms with Crippen molar-refractivity contribution in [1.29, 1.82) is 0 Å². The highest BCUT2D eigenvalue weighted by atomic mass is 16.4. The van der Waals surface area contributed by atoms with E-state index in [0.717, 1.165) is 5.56 Å². The zero-order chi connectivity index (χ0) is 14.7. The van der Waals surface area contributed by atoms with Gasteiger partial charge in [0.05, 0.1) is 17.1 Å². The third-order valence-corrected chi connectivity index (χ3v) is 2.83. The number of carbonyl (C=O) groups is 1. The number of nitrogens with one attached hydrogen (secondary N) is 1. The molecule has 0 radical (unpaired) electrons. The minimum Gasteiger partial charge on any atom is -0.478 e. The summed E-state index contributed by atoms with van der Waals surface area (Å²) in [5, 5.41) is 12.3. The standard InChI is InChI=1S/C15H17N3O2/c1-9(2)18-14-11(15(19)20)8-17-13(12(14)16)10-6-4-3-5-7-10/h3-9H,16H2,1-2H3,(H,17,18)(H,19,20). The number of aromatic nitrogens is 1. The van der Waals surface area contributed by atoms with Gasteiger partial charge < -0.3 is 16.2 Å². The first kappa shape index (κ1) is 13.9. The molecule has 1 aromatic heterocycles. The van der Waals surface area contributed by atoms with Crippen LogP contribution in [0.1, 0.15) is 24.2 Å². The largest absolute Gasteiger partial charge is 0.478 e.